The van der Waals surface area contributed by atoms with Crippen LogP contribution in [-0.4, -0.2) is 32.6 Å². The highest BCUT2D eigenvalue weighted by Gasteiger charge is 2.16. The first kappa shape index (κ1) is 15.5. The smallest absolute Gasteiger partial charge is 0.241 e. The molecule has 0 unspecified atom stereocenters. The maximum Gasteiger partial charge on any atom is 0.241 e. The molecular weight excluding hydrogens is 292 g/mol. The van der Waals surface area contributed by atoms with E-state index in [4.69, 9.17) is 11.6 Å². The molecule has 1 aromatic carbocycles. The van der Waals surface area contributed by atoms with Crippen molar-refractivity contribution in [1.29, 1.82) is 0 Å². The van der Waals surface area contributed by atoms with Gasteiger partial charge in [0.1, 0.15) is 12.2 Å². The average molecular weight is 309 g/mol. The largest absolute Gasteiger partial charge is 0.390 e. The number of benzene rings is 1. The van der Waals surface area contributed by atoms with Crippen molar-refractivity contribution in [2.24, 2.45) is 0 Å². The van der Waals surface area contributed by atoms with Gasteiger partial charge in [-0.25, -0.2) is 4.68 Å². The molecule has 0 atom stereocenters. The van der Waals surface area contributed by atoms with Crippen LogP contribution in [0.1, 0.15) is 19.0 Å². The number of hydrogen-bond acceptors (Lipinski definition) is 4. The van der Waals surface area contributed by atoms with Gasteiger partial charge in [0.05, 0.1) is 12.3 Å². The van der Waals surface area contributed by atoms with Crippen molar-refractivity contribution < 1.29 is 9.90 Å². The van der Waals surface area contributed by atoms with E-state index in [2.05, 4.69) is 15.6 Å². The van der Waals surface area contributed by atoms with Gasteiger partial charge in [-0.1, -0.05) is 35.9 Å². The molecule has 1 heterocycles. The lowest BCUT2D eigenvalue weighted by atomic mass is 10.1. The van der Waals surface area contributed by atoms with Gasteiger partial charge < -0.3 is 10.4 Å². The summed E-state index contributed by atoms with van der Waals surface area (Å²) in [6.07, 6.45) is 0.870. The van der Waals surface area contributed by atoms with Crippen molar-refractivity contribution in [1.82, 2.24) is 20.3 Å². The standard InChI is InChI=1S/C14H17ClN4O2/c1-2-7-16-13(21)8-19-14(12(9-20)17-18-19)10-3-5-11(15)6-4-10/h3-6,20H,2,7-9H2,1H3,(H,16,21). The molecule has 2 aromatic rings. The summed E-state index contributed by atoms with van der Waals surface area (Å²) in [7, 11) is 0. The summed E-state index contributed by atoms with van der Waals surface area (Å²) in [5.74, 6) is -0.138. The fraction of sp³-hybridized carbons (Fsp3) is 0.357. The molecule has 0 aliphatic heterocycles. The number of carbonyl (C=O) groups is 1. The zero-order valence-electron chi connectivity index (χ0n) is 11.7. The Bertz CT molecular complexity index is 610. The molecule has 1 amide bonds. The van der Waals surface area contributed by atoms with Crippen LogP contribution in [0.4, 0.5) is 0 Å². The van der Waals surface area contributed by atoms with Crippen LogP contribution in [-0.2, 0) is 17.9 Å². The zero-order chi connectivity index (χ0) is 15.2. The molecule has 0 aliphatic carbocycles. The normalized spacial score (nSPS) is 10.6. The van der Waals surface area contributed by atoms with Crippen LogP contribution in [0.3, 0.4) is 0 Å². The van der Waals surface area contributed by atoms with Crippen molar-refractivity contribution in [3.05, 3.63) is 35.0 Å². The van der Waals surface area contributed by atoms with Crippen LogP contribution >= 0.6 is 11.6 Å². The Kier molecular flexibility index (Phi) is 5.30. The third-order valence-electron chi connectivity index (χ3n) is 2.94. The molecule has 2 rings (SSSR count). The molecule has 0 aliphatic rings. The number of aliphatic hydroxyl groups is 1. The first-order valence-electron chi connectivity index (χ1n) is 6.71. The first-order valence-corrected chi connectivity index (χ1v) is 7.09. The van der Waals surface area contributed by atoms with Crippen LogP contribution in [0.5, 0.6) is 0 Å². The summed E-state index contributed by atoms with van der Waals surface area (Å²) in [5.41, 5.74) is 1.86. The third-order valence-corrected chi connectivity index (χ3v) is 3.19. The van der Waals surface area contributed by atoms with Crippen molar-refractivity contribution in [2.75, 3.05) is 6.54 Å². The summed E-state index contributed by atoms with van der Waals surface area (Å²) in [6.45, 7) is 2.43. The quantitative estimate of drug-likeness (QED) is 0.850. The van der Waals surface area contributed by atoms with Crippen LogP contribution in [0, 0.1) is 0 Å². The lowest BCUT2D eigenvalue weighted by Crippen LogP contribution is -2.28. The fourth-order valence-corrected chi connectivity index (χ4v) is 2.07. The second-order valence-corrected chi connectivity index (χ2v) is 4.99. The summed E-state index contributed by atoms with van der Waals surface area (Å²) < 4.78 is 1.49. The Morgan fingerprint density at radius 3 is 2.71 bits per heavy atom. The minimum Gasteiger partial charge on any atom is -0.390 e. The van der Waals surface area contributed by atoms with Crippen molar-refractivity contribution >= 4 is 17.5 Å². The lowest BCUT2D eigenvalue weighted by Gasteiger charge is -2.08. The second kappa shape index (κ2) is 7.19. The number of carbonyl (C=O) groups excluding carboxylic acids is 1. The van der Waals surface area contributed by atoms with Gasteiger partial charge in [-0.3, -0.25) is 4.79 Å². The topological polar surface area (TPSA) is 80.0 Å². The van der Waals surface area contributed by atoms with Crippen molar-refractivity contribution in [3.8, 4) is 11.3 Å². The monoisotopic (exact) mass is 308 g/mol. The summed E-state index contributed by atoms with van der Waals surface area (Å²) in [6, 6.07) is 7.10. The number of hydrogen-bond donors (Lipinski definition) is 2. The van der Waals surface area contributed by atoms with Crippen LogP contribution in [0.25, 0.3) is 11.3 Å². The van der Waals surface area contributed by atoms with Gasteiger partial charge in [-0.05, 0) is 18.6 Å². The minimum atomic E-state index is -0.242. The number of aliphatic hydroxyl groups excluding tert-OH is 1. The van der Waals surface area contributed by atoms with E-state index in [1.165, 1.54) is 4.68 Å². The molecule has 0 spiro atoms. The number of nitrogens with zero attached hydrogens (tertiary/aromatic N) is 3. The van der Waals surface area contributed by atoms with E-state index >= 15 is 0 Å². The molecule has 6 nitrogen and oxygen atoms in total. The van der Waals surface area contributed by atoms with E-state index < -0.39 is 0 Å². The average Bonchev–Trinajstić information content (AvgIpc) is 2.88. The highest BCUT2D eigenvalue weighted by atomic mass is 35.5. The fourth-order valence-electron chi connectivity index (χ4n) is 1.95. The number of rotatable bonds is 6. The van der Waals surface area contributed by atoms with Gasteiger partial charge in [0.2, 0.25) is 5.91 Å². The van der Waals surface area contributed by atoms with Gasteiger partial charge in [0, 0.05) is 17.1 Å². The van der Waals surface area contributed by atoms with Gasteiger partial charge >= 0.3 is 0 Å². The van der Waals surface area contributed by atoms with E-state index in [9.17, 15) is 9.90 Å². The molecule has 0 radical (unpaired) electrons. The zero-order valence-corrected chi connectivity index (χ0v) is 12.5. The number of amides is 1. The minimum absolute atomic E-state index is 0.0605. The number of nitrogens with one attached hydrogen (secondary N) is 1. The molecule has 0 fully saturated rings. The Labute approximate surface area is 127 Å². The molecule has 112 valence electrons. The van der Waals surface area contributed by atoms with Crippen LogP contribution in [0.2, 0.25) is 5.02 Å². The lowest BCUT2D eigenvalue weighted by molar-refractivity contribution is -0.121. The highest BCUT2D eigenvalue weighted by molar-refractivity contribution is 6.30. The highest BCUT2D eigenvalue weighted by Crippen LogP contribution is 2.24. The molecule has 1 aromatic heterocycles. The SMILES string of the molecule is CCCNC(=O)Cn1nnc(CO)c1-c1ccc(Cl)cc1. The van der Waals surface area contributed by atoms with Gasteiger partial charge in [0.25, 0.3) is 0 Å². The predicted molar refractivity (Wildman–Crippen MR) is 79.7 cm³/mol. The first-order chi connectivity index (χ1) is 10.2. The summed E-state index contributed by atoms with van der Waals surface area (Å²) in [4.78, 5) is 11.8. The Morgan fingerprint density at radius 2 is 2.10 bits per heavy atom. The number of aromatic nitrogens is 3. The summed E-state index contributed by atoms with van der Waals surface area (Å²) in [5, 5.41) is 20.6. The van der Waals surface area contributed by atoms with E-state index in [0.717, 1.165) is 12.0 Å². The van der Waals surface area contributed by atoms with Gasteiger partial charge in [0.15, 0.2) is 0 Å². The number of halogens is 1. The molecular formula is C14H17ClN4O2. The maximum atomic E-state index is 11.8. The molecule has 0 saturated carbocycles. The Balaban J connectivity index is 2.28. The molecule has 21 heavy (non-hydrogen) atoms. The Morgan fingerprint density at radius 1 is 1.38 bits per heavy atom. The molecule has 0 saturated heterocycles. The molecule has 0 bridgehead atoms. The van der Waals surface area contributed by atoms with E-state index in [-0.39, 0.29) is 19.1 Å². The maximum absolute atomic E-state index is 11.8. The third kappa shape index (κ3) is 3.80. The van der Waals surface area contributed by atoms with E-state index in [0.29, 0.717) is 23.0 Å². The van der Waals surface area contributed by atoms with Crippen molar-refractivity contribution in [2.45, 2.75) is 26.5 Å². The summed E-state index contributed by atoms with van der Waals surface area (Å²) >= 11 is 5.88. The molecule has 7 heteroatoms. The second-order valence-electron chi connectivity index (χ2n) is 4.56. The van der Waals surface area contributed by atoms with Gasteiger partial charge in [-0.15, -0.1) is 5.10 Å². The Hall–Kier alpha value is -1.92. The molecule has 2 N–H and O–H groups in total. The van der Waals surface area contributed by atoms with Crippen molar-refractivity contribution in [3.63, 3.8) is 0 Å². The van der Waals surface area contributed by atoms with Crippen LogP contribution < -0.4 is 5.32 Å². The van der Waals surface area contributed by atoms with Crippen LogP contribution in [0.15, 0.2) is 24.3 Å². The predicted octanol–water partition coefficient (Wildman–Crippen LogP) is 1.62. The van der Waals surface area contributed by atoms with Gasteiger partial charge in [-0.2, -0.15) is 0 Å². The van der Waals surface area contributed by atoms with E-state index in [1.807, 2.05) is 6.92 Å². The van der Waals surface area contributed by atoms with E-state index in [1.54, 1.807) is 24.3 Å².